The zero-order valence-corrected chi connectivity index (χ0v) is 16.7. The molecule has 1 aromatic carbocycles. The van der Waals surface area contributed by atoms with Gasteiger partial charge in [0.2, 0.25) is 5.91 Å². The fraction of sp³-hybridized carbons (Fsp3) is 0.632. The van der Waals surface area contributed by atoms with Gasteiger partial charge in [0.05, 0.1) is 17.5 Å². The maximum atomic E-state index is 12.8. The number of carbonyl (C=O) groups is 1. The molecule has 2 atom stereocenters. The Morgan fingerprint density at radius 3 is 2.50 bits per heavy atom. The lowest BCUT2D eigenvalue weighted by Gasteiger charge is -2.40. The average Bonchev–Trinajstić information content (AvgIpc) is 3.00. The highest BCUT2D eigenvalue weighted by Gasteiger charge is 2.35. The summed E-state index contributed by atoms with van der Waals surface area (Å²) in [6.45, 7) is 7.48. The van der Waals surface area contributed by atoms with E-state index in [0.29, 0.717) is 6.42 Å². The fourth-order valence-electron chi connectivity index (χ4n) is 3.90. The second kappa shape index (κ2) is 7.56. The molecule has 7 heteroatoms. The normalized spacial score (nSPS) is 24.4. The Labute approximate surface area is 156 Å². The van der Waals surface area contributed by atoms with E-state index in [4.69, 9.17) is 0 Å². The largest absolute Gasteiger partial charge is 0.369 e. The fourth-order valence-corrected chi connectivity index (χ4v) is 5.68. The standard InChI is InChI=1S/C19H29N3O3S/c1-15-5-4-6-17(13-15)22-10-8-21(9-11-22)16(2)19(23)20(3)18-7-12-26(24,25)14-18/h4-6,13,16,18H,7-12,14H2,1-3H3/t16-,18+/m1/s1. The van der Waals surface area contributed by atoms with Crippen molar-refractivity contribution in [2.45, 2.75) is 32.4 Å². The molecule has 0 aliphatic carbocycles. The Hall–Kier alpha value is -1.60. The van der Waals surface area contributed by atoms with Gasteiger partial charge < -0.3 is 9.80 Å². The van der Waals surface area contributed by atoms with Crippen molar-refractivity contribution in [1.29, 1.82) is 0 Å². The minimum absolute atomic E-state index is 0.0242. The van der Waals surface area contributed by atoms with E-state index in [-0.39, 0.29) is 29.5 Å². The first-order valence-electron chi connectivity index (χ1n) is 9.29. The molecule has 3 rings (SSSR count). The molecule has 2 aliphatic rings. The van der Waals surface area contributed by atoms with Crippen LogP contribution in [0.4, 0.5) is 5.69 Å². The minimum atomic E-state index is -2.98. The molecule has 1 aromatic rings. The van der Waals surface area contributed by atoms with Crippen LogP contribution in [0.3, 0.4) is 0 Å². The second-order valence-corrected chi connectivity index (χ2v) is 9.77. The Bertz CT molecular complexity index is 757. The Morgan fingerprint density at radius 1 is 1.23 bits per heavy atom. The number of piperazine rings is 1. The number of anilines is 1. The van der Waals surface area contributed by atoms with Crippen LogP contribution in [0.15, 0.2) is 24.3 Å². The number of carbonyl (C=O) groups excluding carboxylic acids is 1. The van der Waals surface area contributed by atoms with E-state index in [1.165, 1.54) is 11.3 Å². The average molecular weight is 380 g/mol. The number of likely N-dealkylation sites (N-methyl/N-ethyl adjacent to an activating group) is 1. The number of rotatable bonds is 4. The smallest absolute Gasteiger partial charge is 0.239 e. The van der Waals surface area contributed by atoms with E-state index in [1.807, 2.05) is 6.92 Å². The van der Waals surface area contributed by atoms with Crippen molar-refractivity contribution in [2.75, 3.05) is 49.6 Å². The van der Waals surface area contributed by atoms with E-state index >= 15 is 0 Å². The third kappa shape index (κ3) is 4.20. The van der Waals surface area contributed by atoms with E-state index in [9.17, 15) is 13.2 Å². The number of hydrogen-bond donors (Lipinski definition) is 0. The van der Waals surface area contributed by atoms with Gasteiger partial charge in [-0.3, -0.25) is 9.69 Å². The summed E-state index contributed by atoms with van der Waals surface area (Å²) in [5.41, 5.74) is 2.48. The van der Waals surface area contributed by atoms with Crippen molar-refractivity contribution in [1.82, 2.24) is 9.80 Å². The highest BCUT2D eigenvalue weighted by Crippen LogP contribution is 2.21. The summed E-state index contributed by atoms with van der Waals surface area (Å²) < 4.78 is 23.4. The van der Waals surface area contributed by atoms with Crippen molar-refractivity contribution in [3.05, 3.63) is 29.8 Å². The van der Waals surface area contributed by atoms with Gasteiger partial charge in [-0.05, 0) is 38.0 Å². The van der Waals surface area contributed by atoms with E-state index in [1.54, 1.807) is 11.9 Å². The summed E-state index contributed by atoms with van der Waals surface area (Å²) in [7, 11) is -1.24. The highest BCUT2D eigenvalue weighted by molar-refractivity contribution is 7.91. The van der Waals surface area contributed by atoms with Crippen LogP contribution in [0.5, 0.6) is 0 Å². The van der Waals surface area contributed by atoms with Crippen LogP contribution in [-0.2, 0) is 14.6 Å². The molecule has 2 fully saturated rings. The molecule has 6 nitrogen and oxygen atoms in total. The Morgan fingerprint density at radius 2 is 1.92 bits per heavy atom. The van der Waals surface area contributed by atoms with Crippen LogP contribution in [0.25, 0.3) is 0 Å². The van der Waals surface area contributed by atoms with Crippen LogP contribution in [0, 0.1) is 6.92 Å². The molecule has 0 spiro atoms. The number of aryl methyl sites for hydroxylation is 1. The van der Waals surface area contributed by atoms with Crippen molar-refractivity contribution in [2.24, 2.45) is 0 Å². The zero-order valence-electron chi connectivity index (χ0n) is 15.9. The van der Waals surface area contributed by atoms with Crippen molar-refractivity contribution in [3.8, 4) is 0 Å². The van der Waals surface area contributed by atoms with E-state index in [0.717, 1.165) is 26.2 Å². The lowest BCUT2D eigenvalue weighted by molar-refractivity contribution is -0.136. The summed E-state index contributed by atoms with van der Waals surface area (Å²) in [4.78, 5) is 19.0. The summed E-state index contributed by atoms with van der Waals surface area (Å²) in [5.74, 6) is 0.318. The lowest BCUT2D eigenvalue weighted by atomic mass is 10.1. The number of nitrogens with zero attached hydrogens (tertiary/aromatic N) is 3. The van der Waals surface area contributed by atoms with Crippen LogP contribution in [0.1, 0.15) is 18.9 Å². The molecule has 2 heterocycles. The number of benzene rings is 1. The molecule has 26 heavy (non-hydrogen) atoms. The van der Waals surface area contributed by atoms with Crippen molar-refractivity contribution >= 4 is 21.4 Å². The second-order valence-electron chi connectivity index (χ2n) is 7.54. The molecule has 0 saturated carbocycles. The lowest BCUT2D eigenvalue weighted by Crippen LogP contribution is -2.55. The van der Waals surface area contributed by atoms with Gasteiger partial charge >= 0.3 is 0 Å². The first-order chi connectivity index (χ1) is 12.3. The van der Waals surface area contributed by atoms with Gasteiger partial charge in [-0.2, -0.15) is 0 Å². The molecular formula is C19H29N3O3S. The van der Waals surface area contributed by atoms with Gasteiger partial charge in [0.1, 0.15) is 0 Å². The molecule has 2 aliphatic heterocycles. The molecule has 0 N–H and O–H groups in total. The predicted octanol–water partition coefficient (Wildman–Crippen LogP) is 1.15. The van der Waals surface area contributed by atoms with Crippen molar-refractivity contribution in [3.63, 3.8) is 0 Å². The van der Waals surface area contributed by atoms with E-state index in [2.05, 4.69) is 41.0 Å². The van der Waals surface area contributed by atoms with Crippen molar-refractivity contribution < 1.29 is 13.2 Å². The summed E-state index contributed by atoms with van der Waals surface area (Å²) in [6.07, 6.45) is 0.554. The maximum absolute atomic E-state index is 12.8. The first-order valence-corrected chi connectivity index (χ1v) is 11.1. The molecule has 1 amide bonds. The minimum Gasteiger partial charge on any atom is -0.369 e. The SMILES string of the molecule is Cc1cccc(N2CCN([C@H](C)C(=O)N(C)[C@H]3CCS(=O)(=O)C3)CC2)c1. The highest BCUT2D eigenvalue weighted by atomic mass is 32.2. The molecule has 0 unspecified atom stereocenters. The zero-order chi connectivity index (χ0) is 18.9. The van der Waals surface area contributed by atoms with Gasteiger partial charge in [-0.1, -0.05) is 12.1 Å². The Balaban J connectivity index is 1.56. The first kappa shape index (κ1) is 19.2. The monoisotopic (exact) mass is 379 g/mol. The summed E-state index contributed by atoms with van der Waals surface area (Å²) >= 11 is 0. The molecule has 0 aromatic heterocycles. The van der Waals surface area contributed by atoms with Crippen LogP contribution in [0.2, 0.25) is 0 Å². The summed E-state index contributed by atoms with van der Waals surface area (Å²) in [5, 5.41) is 0. The van der Waals surface area contributed by atoms with Gasteiger partial charge in [0.25, 0.3) is 0 Å². The third-order valence-corrected chi connectivity index (χ3v) is 7.44. The molecular weight excluding hydrogens is 350 g/mol. The van der Waals surface area contributed by atoms with Gasteiger partial charge in [0, 0.05) is 45.0 Å². The molecule has 2 saturated heterocycles. The van der Waals surface area contributed by atoms with Crippen LogP contribution >= 0.6 is 0 Å². The molecule has 0 radical (unpaired) electrons. The van der Waals surface area contributed by atoms with Crippen LogP contribution in [-0.4, -0.2) is 80.9 Å². The number of amides is 1. The number of sulfone groups is 1. The molecule has 0 bridgehead atoms. The third-order valence-electron chi connectivity index (χ3n) is 5.69. The van der Waals surface area contributed by atoms with Gasteiger partial charge in [-0.25, -0.2) is 8.42 Å². The topological polar surface area (TPSA) is 60.9 Å². The van der Waals surface area contributed by atoms with Crippen LogP contribution < -0.4 is 4.90 Å². The quantitative estimate of drug-likeness (QED) is 0.785. The maximum Gasteiger partial charge on any atom is 0.239 e. The summed E-state index contributed by atoms with van der Waals surface area (Å²) in [6, 6.07) is 8.10. The predicted molar refractivity (Wildman–Crippen MR) is 104 cm³/mol. The number of hydrogen-bond acceptors (Lipinski definition) is 5. The van der Waals surface area contributed by atoms with Gasteiger partial charge in [-0.15, -0.1) is 0 Å². The van der Waals surface area contributed by atoms with E-state index < -0.39 is 9.84 Å². The molecule has 144 valence electrons. The Kier molecular flexibility index (Phi) is 5.58. The van der Waals surface area contributed by atoms with Gasteiger partial charge in [0.15, 0.2) is 9.84 Å².